The first-order valence-electron chi connectivity index (χ1n) is 11.3. The van der Waals surface area contributed by atoms with E-state index in [-0.39, 0.29) is 24.2 Å². The van der Waals surface area contributed by atoms with Gasteiger partial charge in [0.25, 0.3) is 0 Å². The third-order valence-corrected chi connectivity index (χ3v) is 8.10. The van der Waals surface area contributed by atoms with Crippen LogP contribution in [0.15, 0.2) is 60.7 Å². The molecule has 3 aromatic rings. The lowest BCUT2D eigenvalue weighted by Gasteiger charge is -2.23. The van der Waals surface area contributed by atoms with E-state index in [2.05, 4.69) is 55.0 Å². The Kier molecular flexibility index (Phi) is 5.49. The molecule has 5 rings (SSSR count). The van der Waals surface area contributed by atoms with Gasteiger partial charge in [-0.3, -0.25) is 9.52 Å². The molecule has 0 saturated carbocycles. The lowest BCUT2D eigenvalue weighted by atomic mass is 9.91. The number of ether oxygens (including phenoxy) is 1. The van der Waals surface area contributed by atoms with Crippen LogP contribution in [0, 0.1) is 13.8 Å². The molecule has 0 aromatic heterocycles. The average molecular weight is 462 g/mol. The van der Waals surface area contributed by atoms with Gasteiger partial charge >= 0.3 is 0 Å². The highest BCUT2D eigenvalue weighted by molar-refractivity contribution is 7.90. The molecule has 1 fully saturated rings. The fourth-order valence-electron chi connectivity index (χ4n) is 5.21. The summed E-state index contributed by atoms with van der Waals surface area (Å²) in [4.78, 5) is 11.7. The lowest BCUT2D eigenvalue weighted by Crippen LogP contribution is -2.40. The summed E-state index contributed by atoms with van der Waals surface area (Å²) >= 11 is 0. The van der Waals surface area contributed by atoms with E-state index in [4.69, 9.17) is 4.74 Å². The van der Waals surface area contributed by atoms with Crippen molar-refractivity contribution >= 4 is 15.9 Å². The van der Waals surface area contributed by atoms with Crippen LogP contribution in [-0.4, -0.2) is 20.1 Å². The molecule has 170 valence electrons. The highest BCUT2D eigenvalue weighted by Gasteiger charge is 2.31. The quantitative estimate of drug-likeness (QED) is 0.595. The van der Waals surface area contributed by atoms with Crippen molar-refractivity contribution in [2.45, 2.75) is 45.1 Å². The monoisotopic (exact) mass is 461 g/mol. The summed E-state index contributed by atoms with van der Waals surface area (Å²) in [6.45, 7) is 4.32. The number of amides is 1. The molecule has 0 bridgehead atoms. The van der Waals surface area contributed by atoms with Gasteiger partial charge in [-0.15, -0.1) is 0 Å². The van der Waals surface area contributed by atoms with Crippen LogP contribution in [0.5, 0.6) is 5.75 Å². The van der Waals surface area contributed by atoms with Crippen molar-refractivity contribution < 1.29 is 17.9 Å². The van der Waals surface area contributed by atoms with Crippen molar-refractivity contribution in [3.05, 3.63) is 88.5 Å². The molecule has 33 heavy (non-hydrogen) atoms. The Morgan fingerprint density at radius 1 is 0.939 bits per heavy atom. The molecule has 5 nitrogen and oxygen atoms in total. The molecule has 1 heterocycles. The number of fused-ring (bicyclic) bond motifs is 1. The minimum absolute atomic E-state index is 0.0176. The first-order valence-corrected chi connectivity index (χ1v) is 12.9. The zero-order chi connectivity index (χ0) is 23.2. The fraction of sp³-hybridized carbons (Fsp3) is 0.296. The Labute approximate surface area is 194 Å². The summed E-state index contributed by atoms with van der Waals surface area (Å²) in [5, 5.41) is 0. The molecule has 2 aliphatic rings. The number of hydrogen-bond donors (Lipinski definition) is 1. The molecule has 3 aromatic carbocycles. The van der Waals surface area contributed by atoms with Crippen molar-refractivity contribution in [1.29, 1.82) is 0 Å². The lowest BCUT2D eigenvalue weighted by molar-refractivity contribution is -0.119. The minimum Gasteiger partial charge on any atom is -0.486 e. The molecule has 1 N–H and O–H groups in total. The molecule has 1 aliphatic carbocycles. The van der Waals surface area contributed by atoms with Crippen LogP contribution in [-0.2, 0) is 21.2 Å². The van der Waals surface area contributed by atoms with Gasteiger partial charge in [0.2, 0.25) is 15.9 Å². The molecule has 1 amide bonds. The molecular weight excluding hydrogens is 434 g/mol. The number of rotatable bonds is 4. The summed E-state index contributed by atoms with van der Waals surface area (Å²) in [5.41, 5.74) is 8.59. The van der Waals surface area contributed by atoms with E-state index in [1.807, 2.05) is 24.3 Å². The van der Waals surface area contributed by atoms with Crippen molar-refractivity contribution in [1.82, 2.24) is 4.72 Å². The second-order valence-corrected chi connectivity index (χ2v) is 10.8. The number of hydrogen-bond acceptors (Lipinski definition) is 4. The summed E-state index contributed by atoms with van der Waals surface area (Å²) < 4.78 is 32.2. The van der Waals surface area contributed by atoms with E-state index in [1.54, 1.807) is 0 Å². The minimum atomic E-state index is -3.56. The standard InChI is InChI=1S/C27H27NO4S/c1-17-5-3-6-18(2)27(17)24-8-4-7-23-22(24)13-14-25(23)32-21-11-9-19(10-12-21)20-15-26(29)28-33(30,31)16-20/h3-12,20,25H,13-16H2,1-2H3,(H,28,29)/t20?,25-/m1/s1. The number of carbonyl (C=O) groups excluding carboxylic acids is 1. The van der Waals surface area contributed by atoms with Gasteiger partial charge in [0.15, 0.2) is 0 Å². The maximum atomic E-state index is 11.9. The van der Waals surface area contributed by atoms with Crippen molar-refractivity contribution in [3.8, 4) is 16.9 Å². The third-order valence-electron chi connectivity index (χ3n) is 6.72. The number of aryl methyl sites for hydroxylation is 2. The highest BCUT2D eigenvalue weighted by Crippen LogP contribution is 2.41. The zero-order valence-electron chi connectivity index (χ0n) is 18.8. The van der Waals surface area contributed by atoms with Crippen LogP contribution in [0.2, 0.25) is 0 Å². The Morgan fingerprint density at radius 2 is 1.64 bits per heavy atom. The average Bonchev–Trinajstić information content (AvgIpc) is 3.16. The smallest absolute Gasteiger partial charge is 0.235 e. The molecule has 2 atom stereocenters. The Morgan fingerprint density at radius 3 is 2.33 bits per heavy atom. The van der Waals surface area contributed by atoms with Gasteiger partial charge in [-0.25, -0.2) is 8.42 Å². The van der Waals surface area contributed by atoms with Crippen molar-refractivity contribution in [3.63, 3.8) is 0 Å². The van der Waals surface area contributed by atoms with Crippen LogP contribution in [0.3, 0.4) is 0 Å². The first-order chi connectivity index (χ1) is 15.8. The molecule has 1 unspecified atom stereocenters. The van der Waals surface area contributed by atoms with Gasteiger partial charge in [0.1, 0.15) is 11.9 Å². The molecule has 0 radical (unpaired) electrons. The van der Waals surface area contributed by atoms with Crippen LogP contribution in [0.1, 0.15) is 52.7 Å². The first kappa shape index (κ1) is 21.7. The molecule has 1 saturated heterocycles. The van der Waals surface area contributed by atoms with Crippen LogP contribution < -0.4 is 9.46 Å². The van der Waals surface area contributed by atoms with E-state index in [0.717, 1.165) is 24.2 Å². The molecule has 1 aliphatic heterocycles. The summed E-state index contributed by atoms with van der Waals surface area (Å²) in [7, 11) is -3.56. The SMILES string of the molecule is Cc1cccc(C)c1-c1cccc2c1CC[C@H]2Oc1ccc(C2CC(=O)NS(=O)(=O)C2)cc1. The summed E-state index contributed by atoms with van der Waals surface area (Å²) in [6, 6.07) is 20.4. The van der Waals surface area contributed by atoms with Gasteiger partial charge in [-0.1, -0.05) is 48.5 Å². The van der Waals surface area contributed by atoms with E-state index in [0.29, 0.717) is 0 Å². The van der Waals surface area contributed by atoms with Gasteiger partial charge in [-0.05, 0) is 77.8 Å². The Bertz CT molecular complexity index is 1310. The largest absolute Gasteiger partial charge is 0.486 e. The van der Waals surface area contributed by atoms with Crippen LogP contribution in [0.25, 0.3) is 11.1 Å². The van der Waals surface area contributed by atoms with Gasteiger partial charge in [0.05, 0.1) is 5.75 Å². The molecular formula is C27H27NO4S. The van der Waals surface area contributed by atoms with Gasteiger partial charge in [0, 0.05) is 12.3 Å². The van der Waals surface area contributed by atoms with Crippen LogP contribution in [0.4, 0.5) is 0 Å². The van der Waals surface area contributed by atoms with Gasteiger partial charge < -0.3 is 4.74 Å². The van der Waals surface area contributed by atoms with E-state index in [1.165, 1.54) is 33.4 Å². The predicted octanol–water partition coefficient (Wildman–Crippen LogP) is 4.97. The van der Waals surface area contributed by atoms with E-state index < -0.39 is 15.9 Å². The van der Waals surface area contributed by atoms with E-state index in [9.17, 15) is 13.2 Å². The predicted molar refractivity (Wildman–Crippen MR) is 129 cm³/mol. The van der Waals surface area contributed by atoms with E-state index >= 15 is 0 Å². The van der Waals surface area contributed by atoms with Gasteiger partial charge in [-0.2, -0.15) is 0 Å². The topological polar surface area (TPSA) is 72.5 Å². The summed E-state index contributed by atoms with van der Waals surface area (Å²) in [6.07, 6.45) is 2.05. The number of sulfonamides is 1. The number of carbonyl (C=O) groups is 1. The highest BCUT2D eigenvalue weighted by atomic mass is 32.2. The zero-order valence-corrected chi connectivity index (χ0v) is 19.6. The van der Waals surface area contributed by atoms with Crippen LogP contribution >= 0.6 is 0 Å². The number of nitrogens with one attached hydrogen (secondary N) is 1. The second kappa shape index (κ2) is 8.34. The van der Waals surface area contributed by atoms with Crippen molar-refractivity contribution in [2.24, 2.45) is 0 Å². The maximum absolute atomic E-state index is 11.9. The normalized spacial score (nSPS) is 21.3. The molecule has 6 heteroatoms. The fourth-order valence-corrected chi connectivity index (χ4v) is 6.57. The third kappa shape index (κ3) is 4.27. The number of benzene rings is 3. The Balaban J connectivity index is 1.37. The molecule has 0 spiro atoms. The Hall–Kier alpha value is -3.12. The van der Waals surface area contributed by atoms with Crippen molar-refractivity contribution in [2.75, 3.05) is 5.75 Å². The maximum Gasteiger partial charge on any atom is 0.235 e. The summed E-state index contributed by atoms with van der Waals surface area (Å²) in [5.74, 6) is -0.105. The second-order valence-electron chi connectivity index (χ2n) is 9.06.